The zero-order chi connectivity index (χ0) is 13.8. The van der Waals surface area contributed by atoms with Crippen molar-refractivity contribution < 1.29 is 9.66 Å². The molecular weight excluding hydrogens is 310 g/mol. The van der Waals surface area contributed by atoms with Gasteiger partial charge in [0.25, 0.3) is 5.69 Å². The summed E-state index contributed by atoms with van der Waals surface area (Å²) in [5.74, 6) is 1.20. The monoisotopic (exact) mass is 321 g/mol. The molecule has 19 heavy (non-hydrogen) atoms. The number of alkyl halides is 1. The number of para-hydroxylation sites is 1. The van der Waals surface area contributed by atoms with Gasteiger partial charge in [-0.25, -0.2) is 0 Å². The molecule has 2 aromatic carbocycles. The summed E-state index contributed by atoms with van der Waals surface area (Å²) < 4.78 is 5.79. The molecule has 98 valence electrons. The summed E-state index contributed by atoms with van der Waals surface area (Å²) in [4.78, 5) is 10.4. The predicted molar refractivity (Wildman–Crippen MR) is 77.0 cm³/mol. The lowest BCUT2D eigenvalue weighted by molar-refractivity contribution is -0.384. The maximum absolute atomic E-state index is 10.8. The number of aryl methyl sites for hydroxylation is 1. The van der Waals surface area contributed by atoms with Crippen LogP contribution in [0.5, 0.6) is 11.5 Å². The lowest BCUT2D eigenvalue weighted by atomic mass is 10.2. The molecule has 4 nitrogen and oxygen atoms in total. The molecule has 0 heterocycles. The van der Waals surface area contributed by atoms with Gasteiger partial charge in [-0.2, -0.15) is 0 Å². The second-order valence-corrected chi connectivity index (χ2v) is 4.61. The highest BCUT2D eigenvalue weighted by Gasteiger charge is 2.11. The van der Waals surface area contributed by atoms with Crippen LogP contribution in [-0.4, -0.2) is 4.92 Å². The van der Waals surface area contributed by atoms with Crippen LogP contribution in [-0.2, 0) is 5.33 Å². The molecule has 0 amide bonds. The smallest absolute Gasteiger partial charge is 0.273 e. The maximum Gasteiger partial charge on any atom is 0.273 e. The summed E-state index contributed by atoms with van der Waals surface area (Å²) in [7, 11) is 0. The summed E-state index contributed by atoms with van der Waals surface area (Å²) in [6, 6.07) is 12.2. The van der Waals surface area contributed by atoms with Crippen molar-refractivity contribution in [3.05, 3.63) is 63.7 Å². The van der Waals surface area contributed by atoms with Crippen molar-refractivity contribution in [2.45, 2.75) is 12.3 Å². The Morgan fingerprint density at radius 2 is 1.95 bits per heavy atom. The minimum atomic E-state index is -0.428. The summed E-state index contributed by atoms with van der Waals surface area (Å²) in [5, 5.41) is 11.4. The average molecular weight is 322 g/mol. The van der Waals surface area contributed by atoms with E-state index in [4.69, 9.17) is 4.74 Å². The Kier molecular flexibility index (Phi) is 4.16. The highest BCUT2D eigenvalue weighted by molar-refractivity contribution is 9.08. The van der Waals surface area contributed by atoms with Gasteiger partial charge in [-0.05, 0) is 24.6 Å². The summed E-state index contributed by atoms with van der Waals surface area (Å²) >= 11 is 3.39. The fourth-order valence-electron chi connectivity index (χ4n) is 1.64. The standard InChI is InChI=1S/C14H12BrNO3/c1-10-6-7-12(16(17)18)8-14(10)19-13-5-3-2-4-11(13)9-15/h2-8H,9H2,1H3. The molecule has 0 bridgehead atoms. The number of halogens is 1. The number of ether oxygens (including phenoxy) is 1. The Hall–Kier alpha value is -1.88. The van der Waals surface area contributed by atoms with Gasteiger partial charge in [-0.3, -0.25) is 10.1 Å². The molecule has 0 N–H and O–H groups in total. The minimum absolute atomic E-state index is 0.0249. The molecule has 0 aliphatic heterocycles. The van der Waals surface area contributed by atoms with Crippen molar-refractivity contribution in [1.82, 2.24) is 0 Å². The van der Waals surface area contributed by atoms with Gasteiger partial charge in [0.1, 0.15) is 11.5 Å². The van der Waals surface area contributed by atoms with Crippen molar-refractivity contribution in [2.24, 2.45) is 0 Å². The molecule has 0 atom stereocenters. The van der Waals surface area contributed by atoms with E-state index in [9.17, 15) is 10.1 Å². The molecule has 2 rings (SSSR count). The molecule has 0 fully saturated rings. The molecule has 0 saturated carbocycles. The van der Waals surface area contributed by atoms with Gasteiger partial charge in [0.05, 0.1) is 11.0 Å². The van der Waals surface area contributed by atoms with E-state index in [1.807, 2.05) is 31.2 Å². The number of rotatable bonds is 4. The van der Waals surface area contributed by atoms with E-state index < -0.39 is 4.92 Å². The Labute approximate surface area is 119 Å². The third-order valence-electron chi connectivity index (χ3n) is 2.72. The molecule has 0 aliphatic rings. The largest absolute Gasteiger partial charge is 0.457 e. The number of hydrogen-bond acceptors (Lipinski definition) is 3. The molecular formula is C14H12BrNO3. The van der Waals surface area contributed by atoms with Gasteiger partial charge in [0, 0.05) is 17.0 Å². The molecule has 0 spiro atoms. The van der Waals surface area contributed by atoms with Gasteiger partial charge < -0.3 is 4.74 Å². The second-order valence-electron chi connectivity index (χ2n) is 4.05. The van der Waals surface area contributed by atoms with Crippen LogP contribution < -0.4 is 4.74 Å². The summed E-state index contributed by atoms with van der Waals surface area (Å²) in [6.45, 7) is 1.86. The van der Waals surface area contributed by atoms with Crippen LogP contribution in [0.2, 0.25) is 0 Å². The highest BCUT2D eigenvalue weighted by atomic mass is 79.9. The summed E-state index contributed by atoms with van der Waals surface area (Å²) in [6.07, 6.45) is 0. The van der Waals surface area contributed by atoms with Gasteiger partial charge in [0.15, 0.2) is 0 Å². The first-order valence-electron chi connectivity index (χ1n) is 5.68. The lowest BCUT2D eigenvalue weighted by Gasteiger charge is -2.11. The first kappa shape index (κ1) is 13.5. The molecule has 0 unspecified atom stereocenters. The number of nitro groups is 1. The van der Waals surface area contributed by atoms with Crippen LogP contribution in [0.1, 0.15) is 11.1 Å². The average Bonchev–Trinajstić information content (AvgIpc) is 2.41. The Bertz CT molecular complexity index is 613. The number of hydrogen-bond donors (Lipinski definition) is 0. The fraction of sp³-hybridized carbons (Fsp3) is 0.143. The van der Waals surface area contributed by atoms with Crippen LogP contribution in [0.3, 0.4) is 0 Å². The van der Waals surface area contributed by atoms with E-state index in [0.717, 1.165) is 11.1 Å². The summed E-state index contributed by atoms with van der Waals surface area (Å²) in [5.41, 5.74) is 1.88. The quantitative estimate of drug-likeness (QED) is 0.470. The molecule has 0 aliphatic carbocycles. The third kappa shape index (κ3) is 3.12. The van der Waals surface area contributed by atoms with Crippen LogP contribution in [0.15, 0.2) is 42.5 Å². The highest BCUT2D eigenvalue weighted by Crippen LogP contribution is 2.31. The number of nitrogens with zero attached hydrogens (tertiary/aromatic N) is 1. The lowest BCUT2D eigenvalue weighted by Crippen LogP contribution is -1.94. The van der Waals surface area contributed by atoms with E-state index >= 15 is 0 Å². The normalized spacial score (nSPS) is 10.2. The molecule has 0 aromatic heterocycles. The fourth-order valence-corrected chi connectivity index (χ4v) is 2.11. The van der Waals surface area contributed by atoms with E-state index in [-0.39, 0.29) is 5.69 Å². The van der Waals surface area contributed by atoms with E-state index in [2.05, 4.69) is 15.9 Å². The van der Waals surface area contributed by atoms with Crippen molar-refractivity contribution in [3.63, 3.8) is 0 Å². The van der Waals surface area contributed by atoms with Crippen LogP contribution in [0.4, 0.5) is 5.69 Å². The van der Waals surface area contributed by atoms with Crippen LogP contribution >= 0.6 is 15.9 Å². The Balaban J connectivity index is 2.37. The molecule has 2 aromatic rings. The number of benzene rings is 2. The van der Waals surface area contributed by atoms with Gasteiger partial charge in [0.2, 0.25) is 0 Å². The molecule has 0 radical (unpaired) electrons. The van der Waals surface area contributed by atoms with Crippen molar-refractivity contribution >= 4 is 21.6 Å². The van der Waals surface area contributed by atoms with Gasteiger partial charge >= 0.3 is 0 Å². The van der Waals surface area contributed by atoms with Gasteiger partial charge in [-0.1, -0.05) is 34.1 Å². The zero-order valence-electron chi connectivity index (χ0n) is 10.3. The van der Waals surface area contributed by atoms with Crippen LogP contribution in [0.25, 0.3) is 0 Å². The SMILES string of the molecule is Cc1ccc([N+](=O)[O-])cc1Oc1ccccc1CBr. The Morgan fingerprint density at radius 1 is 1.21 bits per heavy atom. The predicted octanol–water partition coefficient (Wildman–Crippen LogP) is 4.59. The third-order valence-corrected chi connectivity index (χ3v) is 3.32. The topological polar surface area (TPSA) is 52.4 Å². The molecule has 5 heteroatoms. The van der Waals surface area contributed by atoms with Crippen molar-refractivity contribution in [2.75, 3.05) is 0 Å². The number of nitro benzene ring substituents is 1. The molecule has 0 saturated heterocycles. The van der Waals surface area contributed by atoms with Crippen molar-refractivity contribution in [1.29, 1.82) is 0 Å². The van der Waals surface area contributed by atoms with Gasteiger partial charge in [-0.15, -0.1) is 0 Å². The minimum Gasteiger partial charge on any atom is -0.457 e. The first-order valence-corrected chi connectivity index (χ1v) is 6.80. The van der Waals surface area contributed by atoms with Crippen molar-refractivity contribution in [3.8, 4) is 11.5 Å². The number of non-ortho nitro benzene ring substituents is 1. The van der Waals surface area contributed by atoms with E-state index in [1.165, 1.54) is 12.1 Å². The Morgan fingerprint density at radius 3 is 2.63 bits per heavy atom. The second kappa shape index (κ2) is 5.84. The zero-order valence-corrected chi connectivity index (χ0v) is 11.9. The first-order chi connectivity index (χ1) is 9.11. The maximum atomic E-state index is 10.8. The van der Waals surface area contributed by atoms with E-state index in [0.29, 0.717) is 16.8 Å². The van der Waals surface area contributed by atoms with E-state index in [1.54, 1.807) is 6.07 Å². The van der Waals surface area contributed by atoms with Crippen LogP contribution in [0, 0.1) is 17.0 Å².